The van der Waals surface area contributed by atoms with Crippen molar-refractivity contribution in [1.82, 2.24) is 13.7 Å². The molecule has 3 aromatic rings. The monoisotopic (exact) mass is 443 g/mol. The molecule has 164 valence electrons. The summed E-state index contributed by atoms with van der Waals surface area (Å²) >= 11 is 0. The average molecular weight is 444 g/mol. The fourth-order valence-corrected chi connectivity index (χ4v) is 6.19. The molecule has 10 heteroatoms. The third kappa shape index (κ3) is 3.45. The number of aryl methyl sites for hydroxylation is 2. The van der Waals surface area contributed by atoms with Gasteiger partial charge in [0.1, 0.15) is 0 Å². The number of hydrogen-bond acceptors (Lipinski definition) is 6. The Balaban J connectivity index is 1.64. The Morgan fingerprint density at radius 3 is 2.19 bits per heavy atom. The summed E-state index contributed by atoms with van der Waals surface area (Å²) in [6.45, 7) is 8.64. The number of anilines is 1. The highest BCUT2D eigenvalue weighted by molar-refractivity contribution is 7.89. The van der Waals surface area contributed by atoms with Crippen molar-refractivity contribution in [3.8, 4) is 0 Å². The van der Waals surface area contributed by atoms with Crippen LogP contribution in [0.3, 0.4) is 0 Å². The first-order valence-corrected chi connectivity index (χ1v) is 11.5. The van der Waals surface area contributed by atoms with Crippen molar-refractivity contribution in [2.45, 2.75) is 32.6 Å². The molecule has 0 saturated carbocycles. The van der Waals surface area contributed by atoms with E-state index in [1.807, 2.05) is 33.8 Å². The number of piperazine rings is 1. The van der Waals surface area contributed by atoms with Crippen LogP contribution in [0, 0.1) is 37.8 Å². The van der Waals surface area contributed by atoms with Gasteiger partial charge in [-0.2, -0.15) is 13.7 Å². The minimum Gasteiger partial charge on any atom is -0.358 e. The van der Waals surface area contributed by atoms with Crippen molar-refractivity contribution in [3.63, 3.8) is 0 Å². The molecule has 0 bridgehead atoms. The highest BCUT2D eigenvalue weighted by Gasteiger charge is 2.35. The van der Waals surface area contributed by atoms with Crippen LogP contribution in [0.2, 0.25) is 0 Å². The van der Waals surface area contributed by atoms with Gasteiger partial charge >= 0.3 is 5.82 Å². The Kier molecular flexibility index (Phi) is 5.22. The molecule has 1 aliphatic rings. The predicted octanol–water partition coefficient (Wildman–Crippen LogP) is 2.99. The number of fused-ring (bicyclic) bond motifs is 1. The highest BCUT2D eigenvalue weighted by atomic mass is 32.2. The molecule has 3 heterocycles. The van der Waals surface area contributed by atoms with Gasteiger partial charge in [0.05, 0.1) is 11.1 Å². The van der Waals surface area contributed by atoms with Crippen LogP contribution in [0.1, 0.15) is 22.3 Å². The van der Waals surface area contributed by atoms with E-state index in [9.17, 15) is 18.5 Å². The number of rotatable bonds is 4. The lowest BCUT2D eigenvalue weighted by molar-refractivity contribution is -0.389. The molecule has 0 N–H and O–H groups in total. The summed E-state index contributed by atoms with van der Waals surface area (Å²) in [7, 11) is -3.68. The molecular formula is C21H25N5O4S. The normalized spacial score (nSPS) is 15.5. The van der Waals surface area contributed by atoms with Crippen LogP contribution in [-0.2, 0) is 10.0 Å². The van der Waals surface area contributed by atoms with E-state index in [4.69, 9.17) is 0 Å². The fourth-order valence-electron chi connectivity index (χ4n) is 4.19. The van der Waals surface area contributed by atoms with E-state index in [2.05, 4.69) is 4.98 Å². The van der Waals surface area contributed by atoms with E-state index in [-0.39, 0.29) is 24.7 Å². The lowest BCUT2D eigenvalue weighted by Crippen LogP contribution is -2.49. The molecule has 0 amide bonds. The number of nitrogens with zero attached hydrogens (tertiary/aromatic N) is 5. The van der Waals surface area contributed by atoms with Crippen LogP contribution in [0.25, 0.3) is 5.65 Å². The Labute approximate surface area is 181 Å². The molecule has 0 radical (unpaired) electrons. The second-order valence-electron chi connectivity index (χ2n) is 7.93. The zero-order chi connectivity index (χ0) is 22.5. The molecule has 0 unspecified atom stereocenters. The first-order valence-electron chi connectivity index (χ1n) is 10.1. The summed E-state index contributed by atoms with van der Waals surface area (Å²) in [6.07, 6.45) is 1.61. The summed E-state index contributed by atoms with van der Waals surface area (Å²) in [4.78, 5) is 17.9. The van der Waals surface area contributed by atoms with Gasteiger partial charge in [-0.3, -0.25) is 0 Å². The van der Waals surface area contributed by atoms with Gasteiger partial charge in [0.25, 0.3) is 0 Å². The molecule has 0 atom stereocenters. The molecule has 0 aliphatic carbocycles. The minimum atomic E-state index is -3.68. The smallest absolute Gasteiger partial charge is 0.358 e. The summed E-state index contributed by atoms with van der Waals surface area (Å²) in [6, 6.07) is 7.20. The lowest BCUT2D eigenvalue weighted by atomic mass is 10.0. The number of nitro groups is 1. The number of imidazole rings is 1. The van der Waals surface area contributed by atoms with Crippen LogP contribution in [0.4, 0.5) is 11.6 Å². The molecule has 1 fully saturated rings. The second kappa shape index (κ2) is 7.61. The Morgan fingerprint density at radius 2 is 1.61 bits per heavy atom. The summed E-state index contributed by atoms with van der Waals surface area (Å²) in [5.41, 5.74) is 3.91. The van der Waals surface area contributed by atoms with E-state index in [1.165, 1.54) is 8.71 Å². The molecule has 1 aliphatic heterocycles. The number of pyridine rings is 1. The van der Waals surface area contributed by atoms with Crippen LogP contribution in [0.15, 0.2) is 35.4 Å². The zero-order valence-electron chi connectivity index (χ0n) is 18.0. The van der Waals surface area contributed by atoms with Gasteiger partial charge in [-0.1, -0.05) is 12.1 Å². The molecule has 1 saturated heterocycles. The van der Waals surface area contributed by atoms with Gasteiger partial charge in [-0.05, 0) is 60.9 Å². The predicted molar refractivity (Wildman–Crippen MR) is 118 cm³/mol. The van der Waals surface area contributed by atoms with Gasteiger partial charge in [-0.15, -0.1) is 0 Å². The van der Waals surface area contributed by atoms with Gasteiger partial charge in [0, 0.05) is 32.2 Å². The fraction of sp³-hybridized carbons (Fsp3) is 0.381. The van der Waals surface area contributed by atoms with Gasteiger partial charge in [0.2, 0.25) is 21.5 Å². The van der Waals surface area contributed by atoms with Crippen molar-refractivity contribution in [2.75, 3.05) is 31.1 Å². The minimum absolute atomic E-state index is 0.104. The van der Waals surface area contributed by atoms with Gasteiger partial charge in [0.15, 0.2) is 0 Å². The first kappa shape index (κ1) is 21.3. The second-order valence-corrected chi connectivity index (χ2v) is 9.80. The Morgan fingerprint density at radius 1 is 1.00 bits per heavy atom. The Hall–Kier alpha value is -2.98. The molecule has 1 aromatic carbocycles. The van der Waals surface area contributed by atoms with Crippen LogP contribution >= 0.6 is 0 Å². The van der Waals surface area contributed by atoms with Crippen LogP contribution in [0.5, 0.6) is 0 Å². The van der Waals surface area contributed by atoms with E-state index >= 15 is 0 Å². The van der Waals surface area contributed by atoms with Crippen LogP contribution < -0.4 is 4.90 Å². The van der Waals surface area contributed by atoms with Crippen molar-refractivity contribution in [1.29, 1.82) is 0 Å². The SMILES string of the molecule is Cc1cc(C)c(C)c(S(=O)(=O)N2CCN(c3nc4ccccn4c3[N+](=O)[O-])CC2)c1C. The molecule has 0 spiro atoms. The summed E-state index contributed by atoms with van der Waals surface area (Å²) in [5, 5.41) is 11.7. The Bertz CT molecular complexity index is 1260. The number of sulfonamides is 1. The molecule has 9 nitrogen and oxygen atoms in total. The maximum absolute atomic E-state index is 13.5. The maximum Gasteiger partial charge on any atom is 0.372 e. The topological polar surface area (TPSA) is 101 Å². The van der Waals surface area contributed by atoms with Crippen LogP contribution in [-0.4, -0.2) is 53.2 Å². The van der Waals surface area contributed by atoms with Crippen molar-refractivity contribution in [2.24, 2.45) is 0 Å². The number of benzene rings is 1. The standard InChI is InChI=1S/C21H25N5O4S/c1-14-13-15(2)17(4)19(16(14)3)31(29,30)24-11-9-23(10-12-24)20-21(26(27)28)25-8-6-5-7-18(25)22-20/h5-8,13H,9-12H2,1-4H3. The van der Waals surface area contributed by atoms with E-state index in [0.29, 0.717) is 23.6 Å². The zero-order valence-corrected chi connectivity index (χ0v) is 18.8. The maximum atomic E-state index is 13.5. The average Bonchev–Trinajstić information content (AvgIpc) is 3.12. The van der Waals surface area contributed by atoms with Crippen molar-refractivity contribution in [3.05, 3.63) is 62.8 Å². The largest absolute Gasteiger partial charge is 0.372 e. The molecule has 4 rings (SSSR count). The lowest BCUT2D eigenvalue weighted by Gasteiger charge is -2.34. The van der Waals surface area contributed by atoms with E-state index < -0.39 is 14.9 Å². The van der Waals surface area contributed by atoms with Crippen molar-refractivity contribution < 1.29 is 13.3 Å². The molecular weight excluding hydrogens is 418 g/mol. The van der Waals surface area contributed by atoms with E-state index in [0.717, 1.165) is 22.3 Å². The quantitative estimate of drug-likeness (QED) is 0.454. The first-order chi connectivity index (χ1) is 14.6. The highest BCUT2D eigenvalue weighted by Crippen LogP contribution is 2.32. The van der Waals surface area contributed by atoms with E-state index in [1.54, 1.807) is 29.3 Å². The molecule has 31 heavy (non-hydrogen) atoms. The summed E-state index contributed by atoms with van der Waals surface area (Å²) in [5.74, 6) is 0.167. The third-order valence-corrected chi connectivity index (χ3v) is 8.27. The van der Waals surface area contributed by atoms with Crippen molar-refractivity contribution >= 4 is 27.3 Å². The number of hydrogen-bond donors (Lipinski definition) is 0. The van der Waals surface area contributed by atoms with Gasteiger partial charge < -0.3 is 15.0 Å². The third-order valence-electron chi connectivity index (χ3n) is 6.09. The molecule has 2 aromatic heterocycles. The summed E-state index contributed by atoms with van der Waals surface area (Å²) < 4.78 is 29.9. The van der Waals surface area contributed by atoms with Gasteiger partial charge in [-0.25, -0.2) is 8.42 Å². The number of aromatic nitrogens is 2.